The highest BCUT2D eigenvalue weighted by molar-refractivity contribution is 7.80. The lowest BCUT2D eigenvalue weighted by atomic mass is 10.2. The first-order valence-corrected chi connectivity index (χ1v) is 6.74. The maximum absolute atomic E-state index is 11.2. The zero-order chi connectivity index (χ0) is 15.0. The number of esters is 1. The van der Waals surface area contributed by atoms with E-state index in [9.17, 15) is 4.79 Å². The number of rotatable bonds is 5. The molecule has 2 N–H and O–H groups in total. The molecule has 0 spiro atoms. The van der Waals surface area contributed by atoms with Crippen molar-refractivity contribution in [2.24, 2.45) is 5.10 Å². The Balaban J connectivity index is 2.42. The van der Waals surface area contributed by atoms with E-state index >= 15 is 0 Å². The summed E-state index contributed by atoms with van der Waals surface area (Å²) in [7, 11) is 0. The molecule has 0 aliphatic rings. The fourth-order valence-corrected chi connectivity index (χ4v) is 1.57. The van der Waals surface area contributed by atoms with E-state index in [2.05, 4.69) is 15.8 Å². The Morgan fingerprint density at radius 1 is 1.35 bits per heavy atom. The number of benzene rings is 1. The predicted molar refractivity (Wildman–Crippen MR) is 84.9 cm³/mol. The van der Waals surface area contributed by atoms with Crippen LogP contribution in [0.5, 0.6) is 0 Å². The van der Waals surface area contributed by atoms with Gasteiger partial charge in [-0.2, -0.15) is 5.10 Å². The summed E-state index contributed by atoms with van der Waals surface area (Å²) in [4.78, 5) is 11.2. The molecule has 0 atom stereocenters. The van der Waals surface area contributed by atoms with E-state index in [-0.39, 0.29) is 12.4 Å². The Bertz CT molecular complexity index is 498. The Morgan fingerprint density at radius 3 is 2.60 bits per heavy atom. The van der Waals surface area contributed by atoms with Gasteiger partial charge in [0.1, 0.15) is 0 Å². The molecule has 20 heavy (non-hydrogen) atoms. The van der Waals surface area contributed by atoms with E-state index in [1.165, 1.54) is 5.56 Å². The molecule has 0 saturated carbocycles. The van der Waals surface area contributed by atoms with E-state index in [1.54, 1.807) is 13.8 Å². The molecular weight excluding hydrogens is 274 g/mol. The van der Waals surface area contributed by atoms with Crippen molar-refractivity contribution in [1.82, 2.24) is 5.43 Å². The van der Waals surface area contributed by atoms with Gasteiger partial charge in [0.05, 0.1) is 13.0 Å². The fraction of sp³-hybridized carbons (Fsp3) is 0.357. The van der Waals surface area contributed by atoms with Gasteiger partial charge in [-0.15, -0.1) is 0 Å². The molecule has 5 nitrogen and oxygen atoms in total. The summed E-state index contributed by atoms with van der Waals surface area (Å²) < 4.78 is 4.83. The van der Waals surface area contributed by atoms with Crippen molar-refractivity contribution in [1.29, 1.82) is 0 Å². The van der Waals surface area contributed by atoms with Gasteiger partial charge in [0, 0.05) is 11.4 Å². The lowest BCUT2D eigenvalue weighted by molar-refractivity contribution is -0.141. The molecule has 0 bridgehead atoms. The first-order valence-electron chi connectivity index (χ1n) is 6.33. The number of ether oxygens (including phenoxy) is 1. The van der Waals surface area contributed by atoms with Crippen LogP contribution in [-0.4, -0.2) is 23.4 Å². The highest BCUT2D eigenvalue weighted by Crippen LogP contribution is 2.08. The summed E-state index contributed by atoms with van der Waals surface area (Å²) >= 11 is 5.11. The molecule has 6 heteroatoms. The zero-order valence-electron chi connectivity index (χ0n) is 11.9. The van der Waals surface area contributed by atoms with Crippen molar-refractivity contribution >= 4 is 34.7 Å². The highest BCUT2D eigenvalue weighted by Gasteiger charge is 2.04. The number of hydrazone groups is 1. The number of anilines is 1. The number of aryl methyl sites for hydroxylation is 1. The number of hydrogen-bond acceptors (Lipinski definition) is 4. The van der Waals surface area contributed by atoms with E-state index in [4.69, 9.17) is 17.0 Å². The number of thiocarbonyl (C=S) groups is 1. The van der Waals surface area contributed by atoms with Crippen LogP contribution >= 0.6 is 12.2 Å². The summed E-state index contributed by atoms with van der Waals surface area (Å²) in [6.45, 7) is 5.89. The second-order valence-electron chi connectivity index (χ2n) is 4.26. The lowest BCUT2D eigenvalue weighted by Gasteiger charge is -2.08. The van der Waals surface area contributed by atoms with Gasteiger partial charge in [-0.25, -0.2) is 0 Å². The summed E-state index contributed by atoms with van der Waals surface area (Å²) in [5, 5.41) is 7.39. The molecule has 1 rings (SSSR count). The third kappa shape index (κ3) is 6.29. The summed E-state index contributed by atoms with van der Waals surface area (Å²) in [5.74, 6) is -0.298. The number of nitrogens with zero attached hydrogens (tertiary/aromatic N) is 1. The van der Waals surface area contributed by atoms with Gasteiger partial charge in [0.2, 0.25) is 0 Å². The van der Waals surface area contributed by atoms with Gasteiger partial charge in [0.15, 0.2) is 5.11 Å². The van der Waals surface area contributed by atoms with Crippen LogP contribution in [0.2, 0.25) is 0 Å². The largest absolute Gasteiger partial charge is 0.466 e. The third-order valence-electron chi connectivity index (χ3n) is 2.36. The van der Waals surface area contributed by atoms with E-state index in [0.29, 0.717) is 17.4 Å². The van der Waals surface area contributed by atoms with E-state index < -0.39 is 0 Å². The van der Waals surface area contributed by atoms with Gasteiger partial charge >= 0.3 is 5.97 Å². The molecule has 1 aromatic rings. The smallest absolute Gasteiger partial charge is 0.311 e. The summed E-state index contributed by atoms with van der Waals surface area (Å²) in [6.07, 6.45) is 0.147. The maximum Gasteiger partial charge on any atom is 0.311 e. The van der Waals surface area contributed by atoms with Crippen LogP contribution in [-0.2, 0) is 9.53 Å². The molecule has 108 valence electrons. The minimum absolute atomic E-state index is 0.147. The van der Waals surface area contributed by atoms with Crippen molar-refractivity contribution < 1.29 is 9.53 Å². The molecular formula is C14H19N3O2S. The molecule has 0 fully saturated rings. The standard InChI is InChI=1S/C14H19N3O2S/c1-4-19-13(18)9-11(3)16-17-14(20)15-12-7-5-10(2)6-8-12/h5-8H,4,9H2,1-3H3,(H2,15,17,20)/b16-11-. The number of carbonyl (C=O) groups excluding carboxylic acids is 1. The van der Waals surface area contributed by atoms with Crippen LogP contribution in [0.4, 0.5) is 5.69 Å². The van der Waals surface area contributed by atoms with Gasteiger partial charge < -0.3 is 10.1 Å². The minimum atomic E-state index is -0.298. The van der Waals surface area contributed by atoms with Crippen molar-refractivity contribution in [3.05, 3.63) is 29.8 Å². The second-order valence-corrected chi connectivity index (χ2v) is 4.67. The molecule has 0 aromatic heterocycles. The van der Waals surface area contributed by atoms with Crippen LogP contribution in [0.1, 0.15) is 25.8 Å². The molecule has 0 radical (unpaired) electrons. The summed E-state index contributed by atoms with van der Waals surface area (Å²) in [6, 6.07) is 7.83. The third-order valence-corrected chi connectivity index (χ3v) is 2.56. The van der Waals surface area contributed by atoms with Crippen molar-refractivity contribution in [2.45, 2.75) is 27.2 Å². The molecule has 0 saturated heterocycles. The fourth-order valence-electron chi connectivity index (χ4n) is 1.40. The van der Waals surface area contributed by atoms with Crippen LogP contribution in [0.3, 0.4) is 0 Å². The first kappa shape index (κ1) is 16.1. The van der Waals surface area contributed by atoms with Crippen molar-refractivity contribution in [3.8, 4) is 0 Å². The maximum atomic E-state index is 11.2. The monoisotopic (exact) mass is 293 g/mol. The number of carbonyl (C=O) groups is 1. The van der Waals surface area contributed by atoms with E-state index in [0.717, 1.165) is 5.69 Å². The predicted octanol–water partition coefficient (Wildman–Crippen LogP) is 2.61. The quantitative estimate of drug-likeness (QED) is 0.378. The molecule has 0 unspecified atom stereocenters. The van der Waals surface area contributed by atoms with Crippen LogP contribution in [0, 0.1) is 6.92 Å². The first-order chi connectivity index (χ1) is 9.51. The Morgan fingerprint density at radius 2 is 2.00 bits per heavy atom. The molecule has 0 heterocycles. The van der Waals surface area contributed by atoms with Crippen LogP contribution in [0.25, 0.3) is 0 Å². The van der Waals surface area contributed by atoms with Gasteiger partial charge in [-0.05, 0) is 45.1 Å². The van der Waals surface area contributed by atoms with Crippen molar-refractivity contribution in [3.63, 3.8) is 0 Å². The van der Waals surface area contributed by atoms with Crippen LogP contribution < -0.4 is 10.7 Å². The normalized spacial score (nSPS) is 10.8. The Kier molecular flexibility index (Phi) is 6.66. The van der Waals surface area contributed by atoms with E-state index in [1.807, 2.05) is 31.2 Å². The molecule has 0 aliphatic heterocycles. The minimum Gasteiger partial charge on any atom is -0.466 e. The van der Waals surface area contributed by atoms with Crippen LogP contribution in [0.15, 0.2) is 29.4 Å². The number of hydrogen-bond donors (Lipinski definition) is 2. The molecule has 1 aromatic carbocycles. The average molecular weight is 293 g/mol. The topological polar surface area (TPSA) is 62.7 Å². The molecule has 0 aliphatic carbocycles. The second kappa shape index (κ2) is 8.27. The van der Waals surface area contributed by atoms with Gasteiger partial charge in [-0.1, -0.05) is 17.7 Å². The highest BCUT2D eigenvalue weighted by atomic mass is 32.1. The lowest BCUT2D eigenvalue weighted by Crippen LogP contribution is -2.25. The van der Waals surface area contributed by atoms with Gasteiger partial charge in [0.25, 0.3) is 0 Å². The van der Waals surface area contributed by atoms with Crippen molar-refractivity contribution in [2.75, 3.05) is 11.9 Å². The summed E-state index contributed by atoms with van der Waals surface area (Å²) in [5.41, 5.74) is 5.36. The van der Waals surface area contributed by atoms with Gasteiger partial charge in [-0.3, -0.25) is 10.2 Å². The SMILES string of the molecule is CCOC(=O)C/C(C)=N\NC(=S)Nc1ccc(C)cc1. The zero-order valence-corrected chi connectivity index (χ0v) is 12.7. The average Bonchev–Trinajstić information content (AvgIpc) is 2.39. The Labute approximate surface area is 124 Å². The Hall–Kier alpha value is -1.95. The molecule has 0 amide bonds. The number of nitrogens with one attached hydrogen (secondary N) is 2.